The third-order valence-electron chi connectivity index (χ3n) is 3.60. The van der Waals surface area contributed by atoms with Crippen LogP contribution >= 0.6 is 0 Å². The maximum absolute atomic E-state index is 10.7. The third kappa shape index (κ3) is 1.90. The molecule has 5 nitrogen and oxygen atoms in total. The van der Waals surface area contributed by atoms with E-state index in [4.69, 9.17) is 0 Å². The average Bonchev–Trinajstić information content (AvgIpc) is 3.03. The van der Waals surface area contributed by atoms with E-state index in [1.54, 1.807) is 22.8 Å². The second-order valence-corrected chi connectivity index (χ2v) is 4.73. The lowest BCUT2D eigenvalue weighted by Gasteiger charge is -2.10. The molecule has 1 aliphatic heterocycles. The molecule has 0 spiro atoms. The Bertz CT molecular complexity index is 577. The molecule has 2 aromatic rings. The molecule has 1 atom stereocenters. The molecule has 0 aromatic carbocycles. The van der Waals surface area contributed by atoms with Crippen LogP contribution in [0.25, 0.3) is 5.65 Å². The van der Waals surface area contributed by atoms with Gasteiger partial charge in [-0.05, 0) is 31.6 Å². The number of fused-ring (bicyclic) bond motifs is 1. The van der Waals surface area contributed by atoms with Crippen LogP contribution in [0, 0.1) is 0 Å². The quantitative estimate of drug-likeness (QED) is 0.765. The van der Waals surface area contributed by atoms with Crippen LogP contribution in [0.4, 0.5) is 0 Å². The molecule has 5 heteroatoms. The van der Waals surface area contributed by atoms with Crippen LogP contribution in [0.5, 0.6) is 0 Å². The van der Waals surface area contributed by atoms with Crippen molar-refractivity contribution in [3.05, 3.63) is 29.7 Å². The molecule has 94 valence electrons. The molecule has 18 heavy (non-hydrogen) atoms. The molecule has 0 saturated carbocycles. The SMILES string of the molecule is CCN1CCC(c2nc3cc(C=O)ccn3n2)C1. The summed E-state index contributed by atoms with van der Waals surface area (Å²) in [5.41, 5.74) is 1.40. The minimum absolute atomic E-state index is 0.421. The zero-order valence-electron chi connectivity index (χ0n) is 10.4. The van der Waals surface area contributed by atoms with E-state index in [-0.39, 0.29) is 0 Å². The Morgan fingerprint density at radius 1 is 1.56 bits per heavy atom. The fourth-order valence-electron chi connectivity index (χ4n) is 2.49. The minimum Gasteiger partial charge on any atom is -0.303 e. The summed E-state index contributed by atoms with van der Waals surface area (Å²) >= 11 is 0. The number of carbonyl (C=O) groups is 1. The van der Waals surface area contributed by atoms with Crippen molar-refractivity contribution in [3.63, 3.8) is 0 Å². The summed E-state index contributed by atoms with van der Waals surface area (Å²) in [5, 5.41) is 4.50. The molecule has 1 unspecified atom stereocenters. The van der Waals surface area contributed by atoms with E-state index in [1.807, 2.05) is 0 Å². The highest BCUT2D eigenvalue weighted by atomic mass is 16.1. The van der Waals surface area contributed by atoms with Crippen molar-refractivity contribution in [1.29, 1.82) is 0 Å². The molecule has 0 amide bonds. The molecule has 0 aliphatic carbocycles. The summed E-state index contributed by atoms with van der Waals surface area (Å²) < 4.78 is 1.75. The Morgan fingerprint density at radius 2 is 2.44 bits per heavy atom. The molecule has 0 bridgehead atoms. The van der Waals surface area contributed by atoms with Gasteiger partial charge in [0.15, 0.2) is 11.5 Å². The fraction of sp³-hybridized carbons (Fsp3) is 0.462. The largest absolute Gasteiger partial charge is 0.303 e. The van der Waals surface area contributed by atoms with Crippen LogP contribution in [0.2, 0.25) is 0 Å². The number of hydrogen-bond donors (Lipinski definition) is 0. The number of likely N-dealkylation sites (tertiary alicyclic amines) is 1. The lowest BCUT2D eigenvalue weighted by atomic mass is 10.1. The molecule has 3 rings (SSSR count). The van der Waals surface area contributed by atoms with Gasteiger partial charge in [-0.1, -0.05) is 6.92 Å². The fourth-order valence-corrected chi connectivity index (χ4v) is 2.49. The van der Waals surface area contributed by atoms with Gasteiger partial charge in [0.05, 0.1) is 0 Å². The van der Waals surface area contributed by atoms with Gasteiger partial charge in [0.2, 0.25) is 0 Å². The predicted molar refractivity (Wildman–Crippen MR) is 67.8 cm³/mol. The van der Waals surface area contributed by atoms with E-state index in [0.29, 0.717) is 11.5 Å². The first-order chi connectivity index (χ1) is 8.80. The standard InChI is InChI=1S/C13H16N4O/c1-2-16-5-4-11(8-16)13-14-12-7-10(9-18)3-6-17(12)15-13/h3,6-7,9,11H,2,4-5,8H2,1H3. The van der Waals surface area contributed by atoms with Crippen LogP contribution in [0.3, 0.4) is 0 Å². The number of rotatable bonds is 3. The second-order valence-electron chi connectivity index (χ2n) is 4.73. The molecule has 1 fully saturated rings. The number of likely N-dealkylation sites (N-methyl/N-ethyl adjacent to an activating group) is 1. The lowest BCUT2D eigenvalue weighted by Crippen LogP contribution is -2.19. The van der Waals surface area contributed by atoms with Crippen molar-refractivity contribution in [2.45, 2.75) is 19.3 Å². The highest BCUT2D eigenvalue weighted by Gasteiger charge is 2.25. The van der Waals surface area contributed by atoms with Crippen LogP contribution in [0.1, 0.15) is 35.4 Å². The van der Waals surface area contributed by atoms with Crippen molar-refractivity contribution in [2.75, 3.05) is 19.6 Å². The van der Waals surface area contributed by atoms with Gasteiger partial charge >= 0.3 is 0 Å². The molecular weight excluding hydrogens is 228 g/mol. The smallest absolute Gasteiger partial charge is 0.156 e. The lowest BCUT2D eigenvalue weighted by molar-refractivity contribution is 0.112. The van der Waals surface area contributed by atoms with Gasteiger partial charge in [-0.2, -0.15) is 5.10 Å². The Kier molecular flexibility index (Phi) is 2.83. The van der Waals surface area contributed by atoms with Crippen LogP contribution in [-0.4, -0.2) is 45.4 Å². The summed E-state index contributed by atoms with van der Waals surface area (Å²) in [4.78, 5) is 17.7. The van der Waals surface area contributed by atoms with Crippen LogP contribution in [-0.2, 0) is 0 Å². The number of hydrogen-bond acceptors (Lipinski definition) is 4. The highest BCUT2D eigenvalue weighted by molar-refractivity contribution is 5.76. The molecule has 2 aromatic heterocycles. The molecule has 1 saturated heterocycles. The van der Waals surface area contributed by atoms with Gasteiger partial charge in [-0.3, -0.25) is 4.79 Å². The average molecular weight is 244 g/mol. The van der Waals surface area contributed by atoms with Crippen LogP contribution in [0.15, 0.2) is 18.3 Å². The van der Waals surface area contributed by atoms with E-state index in [2.05, 4.69) is 21.9 Å². The summed E-state index contributed by atoms with van der Waals surface area (Å²) in [6.07, 6.45) is 3.75. The van der Waals surface area contributed by atoms with Crippen molar-refractivity contribution in [3.8, 4) is 0 Å². The minimum atomic E-state index is 0.421. The van der Waals surface area contributed by atoms with Gasteiger partial charge in [-0.25, -0.2) is 9.50 Å². The zero-order chi connectivity index (χ0) is 12.5. The first-order valence-corrected chi connectivity index (χ1v) is 6.34. The first-order valence-electron chi connectivity index (χ1n) is 6.34. The van der Waals surface area contributed by atoms with E-state index in [0.717, 1.165) is 43.8 Å². The Labute approximate surface area is 105 Å². The maximum atomic E-state index is 10.7. The predicted octanol–water partition coefficient (Wildman–Crippen LogP) is 1.35. The van der Waals surface area contributed by atoms with Gasteiger partial charge in [0, 0.05) is 24.2 Å². The number of carbonyl (C=O) groups excluding carboxylic acids is 1. The number of aldehydes is 1. The second kappa shape index (κ2) is 4.49. The maximum Gasteiger partial charge on any atom is 0.156 e. The summed E-state index contributed by atoms with van der Waals surface area (Å²) in [6, 6.07) is 3.53. The highest BCUT2D eigenvalue weighted by Crippen LogP contribution is 2.24. The van der Waals surface area contributed by atoms with Crippen molar-refractivity contribution >= 4 is 11.9 Å². The zero-order valence-corrected chi connectivity index (χ0v) is 10.4. The molecule has 0 radical (unpaired) electrons. The van der Waals surface area contributed by atoms with E-state index in [1.165, 1.54) is 0 Å². The molecule has 0 N–H and O–H groups in total. The summed E-state index contributed by atoms with van der Waals surface area (Å²) in [5.74, 6) is 1.32. The van der Waals surface area contributed by atoms with Crippen LogP contribution < -0.4 is 0 Å². The number of aromatic nitrogens is 3. The van der Waals surface area contributed by atoms with Crippen molar-refractivity contribution in [2.24, 2.45) is 0 Å². The van der Waals surface area contributed by atoms with Crippen molar-refractivity contribution < 1.29 is 4.79 Å². The third-order valence-corrected chi connectivity index (χ3v) is 3.60. The van der Waals surface area contributed by atoms with E-state index in [9.17, 15) is 4.79 Å². The Hall–Kier alpha value is -1.75. The van der Waals surface area contributed by atoms with Gasteiger partial charge in [0.1, 0.15) is 6.29 Å². The van der Waals surface area contributed by atoms with Gasteiger partial charge in [-0.15, -0.1) is 0 Å². The topological polar surface area (TPSA) is 50.5 Å². The molecule has 3 heterocycles. The van der Waals surface area contributed by atoms with Gasteiger partial charge in [0.25, 0.3) is 0 Å². The van der Waals surface area contributed by atoms with Gasteiger partial charge < -0.3 is 4.90 Å². The summed E-state index contributed by atoms with van der Waals surface area (Å²) in [6.45, 7) is 5.42. The van der Waals surface area contributed by atoms with E-state index < -0.39 is 0 Å². The normalized spacial score (nSPS) is 20.6. The summed E-state index contributed by atoms with van der Waals surface area (Å²) in [7, 11) is 0. The molecular formula is C13H16N4O. The monoisotopic (exact) mass is 244 g/mol. The Balaban J connectivity index is 1.91. The first kappa shape index (κ1) is 11.3. The number of nitrogens with zero attached hydrogens (tertiary/aromatic N) is 4. The Morgan fingerprint density at radius 3 is 3.17 bits per heavy atom. The van der Waals surface area contributed by atoms with E-state index >= 15 is 0 Å². The number of pyridine rings is 1. The molecule has 1 aliphatic rings. The van der Waals surface area contributed by atoms with Crippen molar-refractivity contribution in [1.82, 2.24) is 19.5 Å².